The first-order chi connectivity index (χ1) is 7.68. The van der Waals surface area contributed by atoms with Gasteiger partial charge in [0.05, 0.1) is 0 Å². The van der Waals surface area contributed by atoms with Crippen molar-refractivity contribution >= 4 is 47.8 Å². The highest BCUT2D eigenvalue weighted by Crippen LogP contribution is 2.45. The Balaban J connectivity index is 2.34. The molecule has 2 aromatic rings. The Morgan fingerprint density at radius 1 is 0.875 bits per heavy atom. The number of hydrogen-bond donors (Lipinski definition) is 0. The molecule has 0 aromatic heterocycles. The lowest BCUT2D eigenvalue weighted by molar-refractivity contribution is 1.24. The molecule has 0 bridgehead atoms. The van der Waals surface area contributed by atoms with Crippen molar-refractivity contribution in [2.24, 2.45) is 0 Å². The van der Waals surface area contributed by atoms with Gasteiger partial charge < -0.3 is 0 Å². The lowest BCUT2D eigenvalue weighted by Crippen LogP contribution is -1.85. The topological polar surface area (TPSA) is 0 Å². The van der Waals surface area contributed by atoms with E-state index in [1.165, 1.54) is 22.3 Å². The Labute approximate surface area is 119 Å². The van der Waals surface area contributed by atoms with Gasteiger partial charge in [-0.15, -0.1) is 0 Å². The third-order valence-corrected chi connectivity index (χ3v) is 6.33. The number of hydrogen-bond acceptors (Lipinski definition) is 0. The zero-order valence-electron chi connectivity index (χ0n) is 8.23. The Kier molecular flexibility index (Phi) is 2.73. The summed E-state index contributed by atoms with van der Waals surface area (Å²) in [6, 6.07) is 10.8. The van der Waals surface area contributed by atoms with Crippen LogP contribution in [0.25, 0.3) is 11.1 Å². The average molecular weight is 403 g/mol. The average Bonchev–Trinajstić information content (AvgIpc) is 2.65. The molecule has 0 heterocycles. The van der Waals surface area contributed by atoms with Gasteiger partial charge in [0.1, 0.15) is 0 Å². The van der Waals surface area contributed by atoms with Crippen LogP contribution in [0, 0.1) is 0 Å². The first kappa shape index (κ1) is 11.0. The van der Waals surface area contributed by atoms with Crippen molar-refractivity contribution in [1.82, 2.24) is 0 Å². The number of fused-ring (bicyclic) bond motifs is 3. The second kappa shape index (κ2) is 3.97. The molecule has 80 valence electrons. The van der Waals surface area contributed by atoms with Gasteiger partial charge in [0.25, 0.3) is 0 Å². The van der Waals surface area contributed by atoms with E-state index in [1.54, 1.807) is 0 Å². The van der Waals surface area contributed by atoms with Gasteiger partial charge in [0.15, 0.2) is 0 Å². The van der Waals surface area contributed by atoms with Gasteiger partial charge in [-0.1, -0.05) is 24.3 Å². The van der Waals surface area contributed by atoms with Crippen LogP contribution in [0.5, 0.6) is 0 Å². The Morgan fingerprint density at radius 2 is 1.62 bits per heavy atom. The fraction of sp³-hybridized carbons (Fsp3) is 0.0769. The van der Waals surface area contributed by atoms with E-state index in [0.717, 1.165) is 19.8 Å². The standard InChI is InChI=1S/C13H7Br3/c14-11-6-9-8-4-2-1-3-7(8)5-10(9)12(15)13(11)16/h1-4,6H,5H2. The second-order valence-corrected chi connectivity index (χ2v) is 6.29. The summed E-state index contributed by atoms with van der Waals surface area (Å²) < 4.78 is 3.35. The van der Waals surface area contributed by atoms with Crippen LogP contribution >= 0.6 is 47.8 Å². The smallest absolute Gasteiger partial charge is 0.0462 e. The van der Waals surface area contributed by atoms with Crippen molar-refractivity contribution in [3.63, 3.8) is 0 Å². The Bertz CT molecular complexity index is 588. The molecule has 0 fully saturated rings. The largest absolute Gasteiger partial charge is 0.0619 e. The van der Waals surface area contributed by atoms with Crippen molar-refractivity contribution in [3.8, 4) is 11.1 Å². The minimum Gasteiger partial charge on any atom is -0.0619 e. The molecule has 1 aliphatic carbocycles. The third kappa shape index (κ3) is 1.52. The van der Waals surface area contributed by atoms with Crippen LogP contribution in [0.2, 0.25) is 0 Å². The summed E-state index contributed by atoms with van der Waals surface area (Å²) >= 11 is 10.8. The molecular weight excluding hydrogens is 396 g/mol. The van der Waals surface area contributed by atoms with Gasteiger partial charge >= 0.3 is 0 Å². The molecule has 3 rings (SSSR count). The SMILES string of the molecule is Brc1cc2c(c(Br)c1Br)Cc1ccccc1-2. The van der Waals surface area contributed by atoms with E-state index in [9.17, 15) is 0 Å². The Hall–Kier alpha value is -0.120. The predicted molar refractivity (Wildman–Crippen MR) is 77.8 cm³/mol. The molecule has 0 saturated heterocycles. The van der Waals surface area contributed by atoms with Crippen molar-refractivity contribution in [2.45, 2.75) is 6.42 Å². The van der Waals surface area contributed by atoms with Crippen molar-refractivity contribution in [3.05, 3.63) is 54.9 Å². The van der Waals surface area contributed by atoms with Crippen LogP contribution in [0.15, 0.2) is 43.7 Å². The maximum atomic E-state index is 3.66. The number of benzene rings is 2. The normalized spacial score (nSPS) is 12.4. The van der Waals surface area contributed by atoms with E-state index in [2.05, 4.69) is 78.1 Å². The molecule has 0 unspecified atom stereocenters. The molecule has 0 N–H and O–H groups in total. The molecule has 1 aliphatic rings. The van der Waals surface area contributed by atoms with Crippen LogP contribution in [0.1, 0.15) is 11.1 Å². The lowest BCUT2D eigenvalue weighted by atomic mass is 10.1. The summed E-state index contributed by atoms with van der Waals surface area (Å²) in [4.78, 5) is 0. The van der Waals surface area contributed by atoms with E-state index in [0.29, 0.717) is 0 Å². The van der Waals surface area contributed by atoms with E-state index in [4.69, 9.17) is 0 Å². The summed E-state index contributed by atoms with van der Waals surface area (Å²) in [7, 11) is 0. The molecule has 0 atom stereocenters. The molecule has 0 saturated carbocycles. The van der Waals surface area contributed by atoms with Crippen molar-refractivity contribution in [2.75, 3.05) is 0 Å². The van der Waals surface area contributed by atoms with Crippen LogP contribution in [0.4, 0.5) is 0 Å². The van der Waals surface area contributed by atoms with Gasteiger partial charge in [-0.25, -0.2) is 0 Å². The van der Waals surface area contributed by atoms with E-state index < -0.39 is 0 Å². The minimum absolute atomic E-state index is 1.01. The molecule has 3 heteroatoms. The molecule has 0 amide bonds. The molecule has 2 aromatic carbocycles. The summed E-state index contributed by atoms with van der Waals surface area (Å²) in [5.41, 5.74) is 5.46. The van der Waals surface area contributed by atoms with Crippen LogP contribution < -0.4 is 0 Å². The van der Waals surface area contributed by atoms with E-state index in [-0.39, 0.29) is 0 Å². The maximum Gasteiger partial charge on any atom is 0.0462 e. The zero-order chi connectivity index (χ0) is 11.3. The van der Waals surface area contributed by atoms with E-state index >= 15 is 0 Å². The number of rotatable bonds is 0. The highest BCUT2D eigenvalue weighted by atomic mass is 79.9. The summed E-state index contributed by atoms with van der Waals surface area (Å²) in [5, 5.41) is 0. The number of halogens is 3. The highest BCUT2D eigenvalue weighted by Gasteiger charge is 2.22. The fourth-order valence-electron chi connectivity index (χ4n) is 2.17. The fourth-order valence-corrected chi connectivity index (χ4v) is 3.79. The van der Waals surface area contributed by atoms with Gasteiger partial charge in [-0.2, -0.15) is 0 Å². The third-order valence-electron chi connectivity index (χ3n) is 2.94. The van der Waals surface area contributed by atoms with Crippen molar-refractivity contribution in [1.29, 1.82) is 0 Å². The van der Waals surface area contributed by atoms with Crippen molar-refractivity contribution < 1.29 is 0 Å². The first-order valence-electron chi connectivity index (χ1n) is 4.93. The highest BCUT2D eigenvalue weighted by molar-refractivity contribution is 9.14. The zero-order valence-corrected chi connectivity index (χ0v) is 13.0. The monoisotopic (exact) mass is 400 g/mol. The minimum atomic E-state index is 1.01. The van der Waals surface area contributed by atoms with Crippen LogP contribution in [0.3, 0.4) is 0 Å². The molecule has 16 heavy (non-hydrogen) atoms. The van der Waals surface area contributed by atoms with Crippen LogP contribution in [-0.4, -0.2) is 0 Å². The lowest BCUT2D eigenvalue weighted by Gasteiger charge is -2.07. The molecule has 0 aliphatic heterocycles. The van der Waals surface area contributed by atoms with Crippen LogP contribution in [-0.2, 0) is 6.42 Å². The quantitative estimate of drug-likeness (QED) is 0.433. The molecule has 0 radical (unpaired) electrons. The summed E-state index contributed by atoms with van der Waals surface area (Å²) in [6.07, 6.45) is 1.01. The van der Waals surface area contributed by atoms with Gasteiger partial charge in [-0.3, -0.25) is 0 Å². The predicted octanol–water partition coefficient (Wildman–Crippen LogP) is 5.55. The first-order valence-corrected chi connectivity index (χ1v) is 7.31. The molecular formula is C13H7Br3. The second-order valence-electron chi connectivity index (χ2n) is 3.85. The van der Waals surface area contributed by atoms with Gasteiger partial charge in [-0.05, 0) is 82.5 Å². The van der Waals surface area contributed by atoms with Gasteiger partial charge in [0.2, 0.25) is 0 Å². The van der Waals surface area contributed by atoms with E-state index in [1.807, 2.05) is 0 Å². The Morgan fingerprint density at radius 3 is 2.44 bits per heavy atom. The maximum absolute atomic E-state index is 3.66. The van der Waals surface area contributed by atoms with Gasteiger partial charge in [0, 0.05) is 13.4 Å². The summed E-state index contributed by atoms with van der Waals surface area (Å²) in [5.74, 6) is 0. The molecule has 0 spiro atoms. The molecule has 0 nitrogen and oxygen atoms in total. The summed E-state index contributed by atoms with van der Waals surface area (Å²) in [6.45, 7) is 0.